The van der Waals surface area contributed by atoms with Gasteiger partial charge in [0, 0.05) is 6.04 Å². The first-order valence-corrected chi connectivity index (χ1v) is 7.27. The van der Waals surface area contributed by atoms with Crippen LogP contribution in [-0.4, -0.2) is 38.7 Å². The predicted octanol–water partition coefficient (Wildman–Crippen LogP) is 0.109. The number of amides is 1. The van der Waals surface area contributed by atoms with Crippen molar-refractivity contribution in [3.63, 3.8) is 0 Å². The third-order valence-electron chi connectivity index (χ3n) is 3.72. The van der Waals surface area contributed by atoms with E-state index in [2.05, 4.69) is 15.6 Å². The van der Waals surface area contributed by atoms with Gasteiger partial charge in [-0.05, 0) is 12.8 Å². The van der Waals surface area contributed by atoms with Gasteiger partial charge in [-0.15, -0.1) is 5.10 Å². The van der Waals surface area contributed by atoms with Crippen molar-refractivity contribution in [2.75, 3.05) is 6.61 Å². The lowest BCUT2D eigenvalue weighted by Crippen LogP contribution is -2.40. The van der Waals surface area contributed by atoms with Gasteiger partial charge in [0.2, 0.25) is 5.91 Å². The van der Waals surface area contributed by atoms with E-state index in [1.807, 2.05) is 0 Å². The lowest BCUT2D eigenvalue weighted by molar-refractivity contribution is -0.120. The Hall–Kier alpha value is -1.47. The van der Waals surface area contributed by atoms with Crippen LogP contribution >= 0.6 is 0 Å². The van der Waals surface area contributed by atoms with Crippen molar-refractivity contribution in [3.8, 4) is 0 Å². The van der Waals surface area contributed by atoms with Crippen LogP contribution in [0.2, 0.25) is 0 Å². The predicted molar refractivity (Wildman–Crippen MR) is 73.7 cm³/mol. The van der Waals surface area contributed by atoms with Gasteiger partial charge in [-0.3, -0.25) is 10.1 Å². The topological polar surface area (TPSA) is 106 Å². The number of aliphatic hydroxyl groups is 1. The molecule has 1 saturated carbocycles. The molecule has 0 bridgehead atoms. The number of carbonyl (C=O) groups excluding carboxylic acids is 1. The molecule has 1 aromatic heterocycles. The van der Waals surface area contributed by atoms with Crippen molar-refractivity contribution in [3.05, 3.63) is 11.9 Å². The monoisotopic (exact) mass is 281 g/mol. The van der Waals surface area contributed by atoms with Crippen LogP contribution in [0, 0.1) is 0 Å². The highest BCUT2D eigenvalue weighted by molar-refractivity contribution is 5.80. The first kappa shape index (κ1) is 14.9. The van der Waals surface area contributed by atoms with Crippen LogP contribution in [0.25, 0.3) is 0 Å². The summed E-state index contributed by atoms with van der Waals surface area (Å²) in [7, 11) is 0. The number of rotatable bonds is 6. The van der Waals surface area contributed by atoms with Crippen LogP contribution in [0.4, 0.5) is 0 Å². The molecule has 7 nitrogen and oxygen atoms in total. The van der Waals surface area contributed by atoms with Crippen molar-refractivity contribution in [2.24, 2.45) is 5.73 Å². The zero-order valence-corrected chi connectivity index (χ0v) is 11.7. The zero-order chi connectivity index (χ0) is 14.4. The van der Waals surface area contributed by atoms with Crippen LogP contribution in [0.1, 0.15) is 50.3 Å². The Balaban J connectivity index is 2.03. The number of carbonyl (C=O) groups is 1. The maximum absolute atomic E-state index is 11.7. The highest BCUT2D eigenvalue weighted by Gasteiger charge is 2.25. The summed E-state index contributed by atoms with van der Waals surface area (Å²) in [5.74, 6) is -0.440. The van der Waals surface area contributed by atoms with Crippen molar-refractivity contribution in [1.82, 2.24) is 20.3 Å². The van der Waals surface area contributed by atoms with Crippen LogP contribution < -0.4 is 11.1 Å². The van der Waals surface area contributed by atoms with Gasteiger partial charge in [-0.25, -0.2) is 4.68 Å². The molecule has 0 aromatic carbocycles. The third-order valence-corrected chi connectivity index (χ3v) is 3.72. The van der Waals surface area contributed by atoms with Gasteiger partial charge in [0.1, 0.15) is 11.7 Å². The van der Waals surface area contributed by atoms with Crippen molar-refractivity contribution in [1.29, 1.82) is 0 Å². The molecule has 4 N–H and O–H groups in total. The van der Waals surface area contributed by atoms with E-state index in [0.717, 1.165) is 12.8 Å². The summed E-state index contributed by atoms with van der Waals surface area (Å²) < 4.78 is 1.51. The standard InChI is InChI=1S/C13H23N5O2/c14-13(20)12(11-9-18(7-8-19)17-16-11)15-10-5-3-1-2-4-6-10/h9-10,12,15,19H,1-8H2,(H2,14,20). The number of hydrogen-bond acceptors (Lipinski definition) is 5. The second kappa shape index (κ2) is 7.35. The number of nitrogens with one attached hydrogen (secondary N) is 1. The fourth-order valence-electron chi connectivity index (χ4n) is 2.65. The van der Waals surface area contributed by atoms with Crippen LogP contribution in [0.3, 0.4) is 0 Å². The van der Waals surface area contributed by atoms with Gasteiger partial charge < -0.3 is 10.8 Å². The van der Waals surface area contributed by atoms with E-state index in [0.29, 0.717) is 18.3 Å². The van der Waals surface area contributed by atoms with E-state index < -0.39 is 11.9 Å². The Bertz CT molecular complexity index is 426. The smallest absolute Gasteiger partial charge is 0.240 e. The lowest BCUT2D eigenvalue weighted by atomic mass is 10.1. The molecule has 2 rings (SSSR count). The highest BCUT2D eigenvalue weighted by Crippen LogP contribution is 2.20. The van der Waals surface area contributed by atoms with E-state index in [-0.39, 0.29) is 6.61 Å². The molecule has 20 heavy (non-hydrogen) atoms. The molecule has 0 saturated heterocycles. The molecule has 1 aliphatic rings. The molecular formula is C13H23N5O2. The molecule has 1 unspecified atom stereocenters. The molecule has 1 fully saturated rings. The highest BCUT2D eigenvalue weighted by atomic mass is 16.3. The third kappa shape index (κ3) is 4.01. The SMILES string of the molecule is NC(=O)C(NC1CCCCCC1)c1cn(CCO)nn1. The molecule has 7 heteroatoms. The number of hydrogen-bond donors (Lipinski definition) is 3. The average Bonchev–Trinajstić information content (AvgIpc) is 2.72. The fourth-order valence-corrected chi connectivity index (χ4v) is 2.65. The Morgan fingerprint density at radius 2 is 2.15 bits per heavy atom. The minimum atomic E-state index is -0.606. The van der Waals surface area contributed by atoms with Gasteiger partial charge in [0.15, 0.2) is 0 Å². The van der Waals surface area contributed by atoms with Gasteiger partial charge in [-0.2, -0.15) is 0 Å². The second-order valence-electron chi connectivity index (χ2n) is 5.32. The summed E-state index contributed by atoms with van der Waals surface area (Å²) in [6.07, 6.45) is 8.66. The Kier molecular flexibility index (Phi) is 5.49. The van der Waals surface area contributed by atoms with Gasteiger partial charge in [-0.1, -0.05) is 30.9 Å². The fraction of sp³-hybridized carbons (Fsp3) is 0.769. The van der Waals surface area contributed by atoms with Crippen LogP contribution in [0.5, 0.6) is 0 Å². The van der Waals surface area contributed by atoms with Gasteiger partial charge in [0.25, 0.3) is 0 Å². The van der Waals surface area contributed by atoms with E-state index in [9.17, 15) is 4.79 Å². The van der Waals surface area contributed by atoms with Gasteiger partial charge in [0.05, 0.1) is 19.3 Å². The summed E-state index contributed by atoms with van der Waals surface area (Å²) in [5, 5.41) is 20.1. The van der Waals surface area contributed by atoms with E-state index in [4.69, 9.17) is 10.8 Å². The molecule has 0 radical (unpaired) electrons. The van der Waals surface area contributed by atoms with E-state index >= 15 is 0 Å². The van der Waals surface area contributed by atoms with E-state index in [1.54, 1.807) is 6.20 Å². The largest absolute Gasteiger partial charge is 0.394 e. The summed E-state index contributed by atoms with van der Waals surface area (Å²) in [5.41, 5.74) is 6.00. The van der Waals surface area contributed by atoms with E-state index in [1.165, 1.54) is 30.4 Å². The van der Waals surface area contributed by atoms with Gasteiger partial charge >= 0.3 is 0 Å². The normalized spacial score (nSPS) is 18.6. The average molecular weight is 281 g/mol. The van der Waals surface area contributed by atoms with Crippen LogP contribution in [0.15, 0.2) is 6.20 Å². The molecule has 1 atom stereocenters. The Morgan fingerprint density at radius 3 is 2.75 bits per heavy atom. The molecule has 1 amide bonds. The molecule has 0 aliphatic heterocycles. The molecule has 0 spiro atoms. The zero-order valence-electron chi connectivity index (χ0n) is 11.7. The maximum atomic E-state index is 11.7. The first-order chi connectivity index (χ1) is 9.70. The number of nitrogens with zero attached hydrogens (tertiary/aromatic N) is 3. The van der Waals surface area contributed by atoms with Crippen molar-refractivity contribution < 1.29 is 9.90 Å². The molecular weight excluding hydrogens is 258 g/mol. The lowest BCUT2D eigenvalue weighted by Gasteiger charge is -2.21. The number of primary amides is 1. The molecule has 1 heterocycles. The minimum Gasteiger partial charge on any atom is -0.394 e. The first-order valence-electron chi connectivity index (χ1n) is 7.27. The van der Waals surface area contributed by atoms with Crippen LogP contribution in [-0.2, 0) is 11.3 Å². The molecule has 1 aliphatic carbocycles. The quantitative estimate of drug-likeness (QED) is 0.642. The Morgan fingerprint density at radius 1 is 1.45 bits per heavy atom. The summed E-state index contributed by atoms with van der Waals surface area (Å²) in [6, 6.07) is -0.302. The summed E-state index contributed by atoms with van der Waals surface area (Å²) in [4.78, 5) is 11.7. The number of nitrogens with two attached hydrogens (primary N) is 1. The molecule has 1 aromatic rings. The maximum Gasteiger partial charge on any atom is 0.240 e. The number of aliphatic hydroxyl groups excluding tert-OH is 1. The Labute approximate surface area is 118 Å². The molecule has 112 valence electrons. The van der Waals surface area contributed by atoms with Crippen molar-refractivity contribution in [2.45, 2.75) is 57.2 Å². The minimum absolute atomic E-state index is 0.0138. The van der Waals surface area contributed by atoms with Crippen molar-refractivity contribution >= 4 is 5.91 Å². The summed E-state index contributed by atoms with van der Waals surface area (Å²) in [6.45, 7) is 0.349. The summed E-state index contributed by atoms with van der Waals surface area (Å²) >= 11 is 0. The second-order valence-corrected chi connectivity index (χ2v) is 5.32. The number of aromatic nitrogens is 3.